The number of hydrogen-bond acceptors (Lipinski definition) is 4. The van der Waals surface area contributed by atoms with Gasteiger partial charge in [0.1, 0.15) is 0 Å². The summed E-state index contributed by atoms with van der Waals surface area (Å²) in [5, 5.41) is 3.28. The van der Waals surface area contributed by atoms with Gasteiger partial charge < -0.3 is 14.8 Å². The fraction of sp³-hybridized carbons (Fsp3) is 0.625. The van der Waals surface area contributed by atoms with Crippen LogP contribution < -0.4 is 14.8 Å². The molecule has 0 saturated carbocycles. The van der Waals surface area contributed by atoms with Crippen molar-refractivity contribution in [2.24, 2.45) is 0 Å². The number of likely N-dealkylation sites (N-methyl/N-ethyl adjacent to an activating group) is 1. The molecule has 0 aliphatic carbocycles. The first-order valence-electron chi connectivity index (χ1n) is 7.73. The van der Waals surface area contributed by atoms with Crippen molar-refractivity contribution in [1.82, 2.24) is 10.2 Å². The molecule has 1 N–H and O–H groups in total. The summed E-state index contributed by atoms with van der Waals surface area (Å²) in [5.74, 6) is 0.536. The second-order valence-corrected chi connectivity index (χ2v) is 5.42. The molecule has 0 spiro atoms. The molecule has 1 aliphatic heterocycles. The van der Waals surface area contributed by atoms with Crippen LogP contribution in [0.4, 0.5) is 8.78 Å². The number of piperidine rings is 1. The van der Waals surface area contributed by atoms with E-state index in [1.165, 1.54) is 0 Å². The largest absolute Gasteiger partial charge is 0.490 e. The molecule has 124 valence electrons. The van der Waals surface area contributed by atoms with Gasteiger partial charge >= 0.3 is 6.61 Å². The molecule has 1 fully saturated rings. The number of para-hydroxylation sites is 1. The zero-order chi connectivity index (χ0) is 15.9. The Hall–Kier alpha value is -1.40. The van der Waals surface area contributed by atoms with Gasteiger partial charge in [-0.3, -0.25) is 4.90 Å². The van der Waals surface area contributed by atoms with Crippen LogP contribution in [0, 0.1) is 0 Å². The van der Waals surface area contributed by atoms with Crippen LogP contribution >= 0.6 is 0 Å². The van der Waals surface area contributed by atoms with E-state index < -0.39 is 6.61 Å². The van der Waals surface area contributed by atoms with E-state index in [1.54, 1.807) is 6.07 Å². The average molecular weight is 314 g/mol. The molecular formula is C16H24F2N2O2. The Morgan fingerprint density at radius 1 is 1.41 bits per heavy atom. The highest BCUT2D eigenvalue weighted by atomic mass is 19.3. The molecule has 1 unspecified atom stereocenters. The van der Waals surface area contributed by atoms with Crippen molar-refractivity contribution in [3.63, 3.8) is 0 Å². The minimum atomic E-state index is -2.85. The fourth-order valence-electron chi connectivity index (χ4n) is 2.85. The van der Waals surface area contributed by atoms with Gasteiger partial charge in [0.05, 0.1) is 6.61 Å². The highest BCUT2D eigenvalue weighted by molar-refractivity contribution is 5.46. The summed E-state index contributed by atoms with van der Waals surface area (Å²) < 4.78 is 35.6. The normalized spacial score (nSPS) is 19.4. The van der Waals surface area contributed by atoms with Gasteiger partial charge in [-0.05, 0) is 39.4 Å². The first kappa shape index (κ1) is 17.0. The third-order valence-electron chi connectivity index (χ3n) is 3.87. The Balaban J connectivity index is 2.16. The summed E-state index contributed by atoms with van der Waals surface area (Å²) in [4.78, 5) is 2.26. The predicted octanol–water partition coefficient (Wildman–Crippen LogP) is 2.87. The summed E-state index contributed by atoms with van der Waals surface area (Å²) >= 11 is 0. The summed E-state index contributed by atoms with van der Waals surface area (Å²) in [5.41, 5.74) is 0.739. The number of rotatable bonds is 7. The second kappa shape index (κ2) is 8.29. The van der Waals surface area contributed by atoms with Crippen LogP contribution in [0.5, 0.6) is 11.5 Å². The monoisotopic (exact) mass is 314 g/mol. The lowest BCUT2D eigenvalue weighted by Gasteiger charge is -2.33. The van der Waals surface area contributed by atoms with Gasteiger partial charge in [-0.25, -0.2) is 0 Å². The Bertz CT molecular complexity index is 471. The van der Waals surface area contributed by atoms with Crippen molar-refractivity contribution in [1.29, 1.82) is 0 Å². The van der Waals surface area contributed by atoms with E-state index in [0.717, 1.165) is 31.5 Å². The van der Waals surface area contributed by atoms with E-state index >= 15 is 0 Å². The number of benzene rings is 1. The number of likely N-dealkylation sites (tertiary alicyclic amines) is 1. The molecule has 0 bridgehead atoms. The molecule has 1 heterocycles. The smallest absolute Gasteiger partial charge is 0.387 e. The van der Waals surface area contributed by atoms with Crippen LogP contribution in [0.1, 0.15) is 25.3 Å². The number of nitrogens with zero attached hydrogens (tertiary/aromatic N) is 1. The van der Waals surface area contributed by atoms with Gasteiger partial charge in [-0.1, -0.05) is 12.1 Å². The van der Waals surface area contributed by atoms with E-state index in [4.69, 9.17) is 9.47 Å². The summed E-state index contributed by atoms with van der Waals surface area (Å²) in [6.07, 6.45) is 2.24. The lowest BCUT2D eigenvalue weighted by Crippen LogP contribution is -2.43. The first-order valence-corrected chi connectivity index (χ1v) is 7.73. The number of ether oxygens (including phenoxy) is 2. The van der Waals surface area contributed by atoms with E-state index in [0.29, 0.717) is 24.9 Å². The highest BCUT2D eigenvalue weighted by Crippen LogP contribution is 2.34. The molecule has 6 heteroatoms. The second-order valence-electron chi connectivity index (χ2n) is 5.42. The molecule has 0 amide bonds. The van der Waals surface area contributed by atoms with Crippen molar-refractivity contribution >= 4 is 0 Å². The van der Waals surface area contributed by atoms with Crippen molar-refractivity contribution in [3.05, 3.63) is 23.8 Å². The molecule has 0 aromatic heterocycles. The quantitative estimate of drug-likeness (QED) is 0.839. The minimum absolute atomic E-state index is 0.158. The van der Waals surface area contributed by atoms with Gasteiger partial charge in [-0.15, -0.1) is 0 Å². The molecule has 1 aromatic rings. The van der Waals surface area contributed by atoms with Crippen molar-refractivity contribution < 1.29 is 18.3 Å². The van der Waals surface area contributed by atoms with Crippen LogP contribution in [0.15, 0.2) is 18.2 Å². The SMILES string of the molecule is CCOc1cccc(CN2CCCC(NC)C2)c1OC(F)F. The standard InChI is InChI=1S/C16H24F2N2O2/c1-3-21-14-8-4-6-12(15(14)22-16(17)18)10-20-9-5-7-13(11-20)19-2/h4,6,8,13,16,19H,3,5,7,9-11H2,1-2H3. The Morgan fingerprint density at radius 2 is 2.23 bits per heavy atom. The Labute approximate surface area is 130 Å². The fourth-order valence-corrected chi connectivity index (χ4v) is 2.85. The van der Waals surface area contributed by atoms with E-state index in [1.807, 2.05) is 26.1 Å². The number of nitrogens with one attached hydrogen (secondary N) is 1. The van der Waals surface area contributed by atoms with Crippen molar-refractivity contribution in [3.8, 4) is 11.5 Å². The maximum absolute atomic E-state index is 12.7. The zero-order valence-electron chi connectivity index (χ0n) is 13.1. The van der Waals surface area contributed by atoms with Gasteiger partial charge in [0.2, 0.25) is 0 Å². The molecule has 1 aliphatic rings. The van der Waals surface area contributed by atoms with E-state index in [-0.39, 0.29) is 5.75 Å². The maximum Gasteiger partial charge on any atom is 0.387 e. The van der Waals surface area contributed by atoms with Crippen LogP contribution in [0.25, 0.3) is 0 Å². The molecule has 1 aromatic carbocycles. The lowest BCUT2D eigenvalue weighted by molar-refractivity contribution is -0.0524. The summed E-state index contributed by atoms with van der Waals surface area (Å²) in [6.45, 7) is 1.83. The molecule has 4 nitrogen and oxygen atoms in total. The van der Waals surface area contributed by atoms with Crippen LogP contribution in [-0.4, -0.2) is 44.3 Å². The molecule has 22 heavy (non-hydrogen) atoms. The topological polar surface area (TPSA) is 33.7 Å². The summed E-state index contributed by atoms with van der Waals surface area (Å²) in [7, 11) is 1.95. The highest BCUT2D eigenvalue weighted by Gasteiger charge is 2.22. The number of hydrogen-bond donors (Lipinski definition) is 1. The van der Waals surface area contributed by atoms with Gasteiger partial charge in [-0.2, -0.15) is 8.78 Å². The average Bonchev–Trinajstić information content (AvgIpc) is 2.50. The Morgan fingerprint density at radius 3 is 2.91 bits per heavy atom. The van der Waals surface area contributed by atoms with Crippen LogP contribution in [0.2, 0.25) is 0 Å². The van der Waals surface area contributed by atoms with Gasteiger partial charge in [0.25, 0.3) is 0 Å². The van der Waals surface area contributed by atoms with Crippen LogP contribution in [-0.2, 0) is 6.54 Å². The van der Waals surface area contributed by atoms with E-state index in [2.05, 4.69) is 10.2 Å². The number of halogens is 2. The Kier molecular flexibility index (Phi) is 6.39. The lowest BCUT2D eigenvalue weighted by atomic mass is 10.0. The maximum atomic E-state index is 12.7. The third-order valence-corrected chi connectivity index (χ3v) is 3.87. The molecule has 1 saturated heterocycles. The predicted molar refractivity (Wildman–Crippen MR) is 81.6 cm³/mol. The molecule has 1 atom stereocenters. The van der Waals surface area contributed by atoms with Crippen LogP contribution in [0.3, 0.4) is 0 Å². The summed E-state index contributed by atoms with van der Waals surface area (Å²) in [6, 6.07) is 5.75. The molecule has 0 radical (unpaired) electrons. The van der Waals surface area contributed by atoms with Gasteiger partial charge in [0.15, 0.2) is 11.5 Å². The zero-order valence-corrected chi connectivity index (χ0v) is 13.1. The number of alkyl halides is 2. The van der Waals surface area contributed by atoms with Crippen molar-refractivity contribution in [2.75, 3.05) is 26.7 Å². The third kappa shape index (κ3) is 4.55. The van der Waals surface area contributed by atoms with Crippen molar-refractivity contribution in [2.45, 2.75) is 39.0 Å². The molecule has 2 rings (SSSR count). The van der Waals surface area contributed by atoms with Gasteiger partial charge in [0, 0.05) is 24.7 Å². The first-order chi connectivity index (χ1) is 10.6. The van der Waals surface area contributed by atoms with E-state index in [9.17, 15) is 8.78 Å². The minimum Gasteiger partial charge on any atom is -0.490 e. The molecular weight excluding hydrogens is 290 g/mol.